The molecule has 26 heavy (non-hydrogen) atoms. The third-order valence-electron chi connectivity index (χ3n) is 4.82. The van der Waals surface area contributed by atoms with Crippen LogP contribution in [0, 0.1) is 6.92 Å². The lowest BCUT2D eigenvalue weighted by Crippen LogP contribution is -2.22. The first-order valence-electron chi connectivity index (χ1n) is 8.74. The standard InChI is InChI=1S/C21H21N3O2/c1-4-23-20-19(17-10-5-14(2)11-18(17)21(23)25)12-22-24(20)13-15-6-8-16(26-3)9-7-15/h5-12H,4,13H2,1-3H3. The number of aromatic nitrogens is 3. The summed E-state index contributed by atoms with van der Waals surface area (Å²) in [7, 11) is 1.66. The number of ether oxygens (including phenoxy) is 1. The molecule has 0 amide bonds. The van der Waals surface area contributed by atoms with Crippen LogP contribution < -0.4 is 10.3 Å². The van der Waals surface area contributed by atoms with Crippen molar-refractivity contribution in [2.75, 3.05) is 7.11 Å². The summed E-state index contributed by atoms with van der Waals surface area (Å²) in [5, 5.41) is 7.30. The van der Waals surface area contributed by atoms with Gasteiger partial charge in [0.05, 0.1) is 19.9 Å². The Labute approximate surface area is 151 Å². The normalized spacial score (nSPS) is 11.3. The molecule has 0 bridgehead atoms. The van der Waals surface area contributed by atoms with E-state index in [-0.39, 0.29) is 5.56 Å². The highest BCUT2D eigenvalue weighted by atomic mass is 16.5. The van der Waals surface area contributed by atoms with Gasteiger partial charge < -0.3 is 4.74 Å². The van der Waals surface area contributed by atoms with Crippen LogP contribution in [0.15, 0.2) is 53.5 Å². The SMILES string of the molecule is CCn1c(=O)c2cc(C)ccc2c2cnn(Cc3ccc(OC)cc3)c21. The summed E-state index contributed by atoms with van der Waals surface area (Å²) >= 11 is 0. The van der Waals surface area contributed by atoms with Gasteiger partial charge in [0.1, 0.15) is 11.4 Å². The van der Waals surface area contributed by atoms with Crippen LogP contribution in [-0.4, -0.2) is 21.5 Å². The second-order valence-corrected chi connectivity index (χ2v) is 6.49. The molecule has 5 nitrogen and oxygen atoms in total. The first-order chi connectivity index (χ1) is 12.6. The highest BCUT2D eigenvalue weighted by Gasteiger charge is 2.15. The number of hydrogen-bond donors (Lipinski definition) is 0. The summed E-state index contributed by atoms with van der Waals surface area (Å²) in [5.41, 5.74) is 3.09. The fraction of sp³-hybridized carbons (Fsp3) is 0.238. The van der Waals surface area contributed by atoms with Crippen LogP contribution in [0.3, 0.4) is 0 Å². The highest BCUT2D eigenvalue weighted by Crippen LogP contribution is 2.24. The Morgan fingerprint density at radius 1 is 1.04 bits per heavy atom. The van der Waals surface area contributed by atoms with Gasteiger partial charge in [-0.25, -0.2) is 4.68 Å². The van der Waals surface area contributed by atoms with Gasteiger partial charge in [0, 0.05) is 17.3 Å². The Bertz CT molecular complexity index is 1150. The fourth-order valence-electron chi connectivity index (χ4n) is 3.48. The van der Waals surface area contributed by atoms with E-state index in [1.165, 1.54) is 0 Å². The minimum Gasteiger partial charge on any atom is -0.497 e. The molecule has 0 aliphatic heterocycles. The van der Waals surface area contributed by atoms with Crippen molar-refractivity contribution < 1.29 is 4.74 Å². The van der Waals surface area contributed by atoms with Gasteiger partial charge in [0.15, 0.2) is 0 Å². The summed E-state index contributed by atoms with van der Waals surface area (Å²) in [6.45, 7) is 5.21. The van der Waals surface area contributed by atoms with Crippen LogP contribution in [0.5, 0.6) is 5.75 Å². The van der Waals surface area contributed by atoms with E-state index in [1.54, 1.807) is 7.11 Å². The van der Waals surface area contributed by atoms with Crippen LogP contribution in [0.4, 0.5) is 0 Å². The average molecular weight is 347 g/mol. The molecule has 0 radical (unpaired) electrons. The molecule has 5 heteroatoms. The number of fused-ring (bicyclic) bond motifs is 3. The first kappa shape index (κ1) is 16.4. The van der Waals surface area contributed by atoms with Gasteiger partial charge in [-0.1, -0.05) is 29.8 Å². The van der Waals surface area contributed by atoms with Gasteiger partial charge in [-0.3, -0.25) is 9.36 Å². The second-order valence-electron chi connectivity index (χ2n) is 6.49. The van der Waals surface area contributed by atoms with Crippen molar-refractivity contribution in [3.8, 4) is 5.75 Å². The Hall–Kier alpha value is -3.08. The molecule has 0 saturated carbocycles. The topological polar surface area (TPSA) is 49.0 Å². The van der Waals surface area contributed by atoms with E-state index in [9.17, 15) is 4.79 Å². The fourth-order valence-corrected chi connectivity index (χ4v) is 3.48. The molecular formula is C21H21N3O2. The molecule has 0 aliphatic rings. The zero-order chi connectivity index (χ0) is 18.3. The van der Waals surface area contributed by atoms with Gasteiger partial charge in [0.2, 0.25) is 0 Å². The molecule has 2 aromatic heterocycles. The maximum absolute atomic E-state index is 13.0. The van der Waals surface area contributed by atoms with Crippen molar-refractivity contribution in [3.05, 3.63) is 70.1 Å². The lowest BCUT2D eigenvalue weighted by molar-refractivity contribution is 0.414. The van der Waals surface area contributed by atoms with Gasteiger partial charge in [-0.2, -0.15) is 5.10 Å². The molecule has 0 N–H and O–H groups in total. The number of pyridine rings is 1. The molecule has 0 aliphatic carbocycles. The van der Waals surface area contributed by atoms with E-state index in [0.29, 0.717) is 13.1 Å². The molecule has 0 atom stereocenters. The number of aryl methyl sites for hydroxylation is 2. The van der Waals surface area contributed by atoms with Gasteiger partial charge in [0.25, 0.3) is 5.56 Å². The van der Waals surface area contributed by atoms with Crippen molar-refractivity contribution in [1.29, 1.82) is 0 Å². The highest BCUT2D eigenvalue weighted by molar-refractivity contribution is 6.04. The molecular weight excluding hydrogens is 326 g/mol. The van der Waals surface area contributed by atoms with Gasteiger partial charge >= 0.3 is 0 Å². The van der Waals surface area contributed by atoms with E-state index in [0.717, 1.165) is 38.7 Å². The minimum absolute atomic E-state index is 0.0372. The number of rotatable bonds is 4. The van der Waals surface area contributed by atoms with E-state index in [4.69, 9.17) is 4.74 Å². The van der Waals surface area contributed by atoms with E-state index < -0.39 is 0 Å². The van der Waals surface area contributed by atoms with Crippen molar-refractivity contribution in [1.82, 2.24) is 14.3 Å². The maximum Gasteiger partial charge on any atom is 0.260 e. The van der Waals surface area contributed by atoms with Crippen molar-refractivity contribution in [3.63, 3.8) is 0 Å². The summed E-state index contributed by atoms with van der Waals surface area (Å²) in [6.07, 6.45) is 1.86. The molecule has 0 saturated heterocycles. The molecule has 132 valence electrons. The summed E-state index contributed by atoms with van der Waals surface area (Å²) in [6, 6.07) is 13.9. The Morgan fingerprint density at radius 2 is 1.81 bits per heavy atom. The van der Waals surface area contributed by atoms with Crippen molar-refractivity contribution in [2.45, 2.75) is 26.9 Å². The lowest BCUT2D eigenvalue weighted by Gasteiger charge is -2.12. The van der Waals surface area contributed by atoms with Crippen LogP contribution in [0.25, 0.3) is 21.8 Å². The Kier molecular flexibility index (Phi) is 3.99. The Morgan fingerprint density at radius 3 is 2.50 bits per heavy atom. The first-order valence-corrected chi connectivity index (χ1v) is 8.74. The maximum atomic E-state index is 13.0. The predicted molar refractivity (Wildman–Crippen MR) is 104 cm³/mol. The number of hydrogen-bond acceptors (Lipinski definition) is 3. The van der Waals surface area contributed by atoms with E-state index in [2.05, 4.69) is 5.10 Å². The van der Waals surface area contributed by atoms with E-state index in [1.807, 2.05) is 71.8 Å². The van der Waals surface area contributed by atoms with E-state index >= 15 is 0 Å². The van der Waals surface area contributed by atoms with Gasteiger partial charge in [-0.05, 0) is 43.0 Å². The zero-order valence-electron chi connectivity index (χ0n) is 15.2. The molecule has 0 unspecified atom stereocenters. The molecule has 4 aromatic rings. The minimum atomic E-state index is 0.0372. The average Bonchev–Trinajstić information content (AvgIpc) is 3.06. The quantitative estimate of drug-likeness (QED) is 0.565. The van der Waals surface area contributed by atoms with Crippen LogP contribution in [0.2, 0.25) is 0 Å². The summed E-state index contributed by atoms with van der Waals surface area (Å²) < 4.78 is 8.93. The smallest absolute Gasteiger partial charge is 0.260 e. The third-order valence-corrected chi connectivity index (χ3v) is 4.82. The summed E-state index contributed by atoms with van der Waals surface area (Å²) in [5.74, 6) is 0.825. The number of nitrogens with zero attached hydrogens (tertiary/aromatic N) is 3. The number of benzene rings is 2. The molecule has 2 aromatic carbocycles. The number of methoxy groups -OCH3 is 1. The van der Waals surface area contributed by atoms with Crippen LogP contribution in [-0.2, 0) is 13.1 Å². The van der Waals surface area contributed by atoms with Crippen molar-refractivity contribution in [2.24, 2.45) is 0 Å². The second kappa shape index (κ2) is 6.33. The monoisotopic (exact) mass is 347 g/mol. The summed E-state index contributed by atoms with van der Waals surface area (Å²) in [4.78, 5) is 13.0. The molecule has 0 spiro atoms. The van der Waals surface area contributed by atoms with Crippen molar-refractivity contribution >= 4 is 21.8 Å². The molecule has 2 heterocycles. The predicted octanol–water partition coefficient (Wildman–Crippen LogP) is 3.74. The molecule has 0 fully saturated rings. The van der Waals surface area contributed by atoms with Crippen LogP contribution in [0.1, 0.15) is 18.1 Å². The van der Waals surface area contributed by atoms with Gasteiger partial charge in [-0.15, -0.1) is 0 Å². The lowest BCUT2D eigenvalue weighted by atomic mass is 10.1. The largest absolute Gasteiger partial charge is 0.497 e. The third kappa shape index (κ3) is 2.56. The Balaban J connectivity index is 1.92. The van der Waals surface area contributed by atoms with Crippen LogP contribution >= 0.6 is 0 Å². The molecule has 4 rings (SSSR count). The zero-order valence-corrected chi connectivity index (χ0v) is 15.2.